The lowest BCUT2D eigenvalue weighted by molar-refractivity contribution is 0.434. The highest BCUT2D eigenvalue weighted by Crippen LogP contribution is 2.33. The maximum atomic E-state index is 12.7. The van der Waals surface area contributed by atoms with Crippen LogP contribution in [0, 0.1) is 0 Å². The van der Waals surface area contributed by atoms with E-state index in [0.29, 0.717) is 5.02 Å². The molecule has 0 saturated carbocycles. The molecule has 19 heavy (non-hydrogen) atoms. The topological polar surface area (TPSA) is 26.0 Å². The Hall–Kier alpha value is -0.740. The zero-order chi connectivity index (χ0) is 13.0. The molecule has 0 spiro atoms. The molecule has 0 bridgehead atoms. The van der Waals surface area contributed by atoms with Crippen molar-refractivity contribution in [3.63, 3.8) is 0 Å². The molecule has 2 N–H and O–H groups in total. The van der Waals surface area contributed by atoms with E-state index in [1.807, 2.05) is 48.5 Å². The van der Waals surface area contributed by atoms with Gasteiger partial charge >= 0.3 is 0 Å². The lowest BCUT2D eigenvalue weighted by atomic mass is 10.1. The minimum absolute atomic E-state index is 0. The SMILES string of the molecule is Cl.N[C@@H](CF)c1ccccc1Sc1ccc(Cl)cc1. The molecule has 0 saturated heterocycles. The molecule has 2 aromatic rings. The normalized spacial score (nSPS) is 11.7. The highest BCUT2D eigenvalue weighted by atomic mass is 35.5. The number of benzene rings is 2. The third-order valence-corrected chi connectivity index (χ3v) is 3.88. The van der Waals surface area contributed by atoms with Crippen LogP contribution in [-0.4, -0.2) is 6.67 Å². The summed E-state index contributed by atoms with van der Waals surface area (Å²) in [6.07, 6.45) is 0. The van der Waals surface area contributed by atoms with Gasteiger partial charge in [0.2, 0.25) is 0 Å². The molecule has 0 aliphatic carbocycles. The van der Waals surface area contributed by atoms with Crippen LogP contribution < -0.4 is 5.73 Å². The maximum absolute atomic E-state index is 12.7. The number of alkyl halides is 1. The van der Waals surface area contributed by atoms with E-state index in [-0.39, 0.29) is 12.4 Å². The van der Waals surface area contributed by atoms with Crippen molar-refractivity contribution in [1.82, 2.24) is 0 Å². The molecule has 0 heterocycles. The fourth-order valence-corrected chi connectivity index (χ4v) is 2.73. The Bertz CT molecular complexity index is 519. The zero-order valence-corrected chi connectivity index (χ0v) is 12.4. The van der Waals surface area contributed by atoms with Gasteiger partial charge in [0.05, 0.1) is 6.04 Å². The van der Waals surface area contributed by atoms with E-state index in [0.717, 1.165) is 15.4 Å². The molecule has 2 rings (SSSR count). The first-order valence-corrected chi connectivity index (χ1v) is 6.74. The van der Waals surface area contributed by atoms with Gasteiger partial charge in [-0.25, -0.2) is 4.39 Å². The lowest BCUT2D eigenvalue weighted by Gasteiger charge is -2.13. The Morgan fingerprint density at radius 1 is 1.11 bits per heavy atom. The highest BCUT2D eigenvalue weighted by Gasteiger charge is 2.11. The first-order chi connectivity index (χ1) is 8.70. The number of hydrogen-bond acceptors (Lipinski definition) is 2. The first kappa shape index (κ1) is 16.3. The smallest absolute Gasteiger partial charge is 0.109 e. The summed E-state index contributed by atoms with van der Waals surface area (Å²) in [6.45, 7) is -0.557. The molecular formula is C14H14Cl2FNS. The number of halogens is 3. The molecule has 0 aromatic heterocycles. The van der Waals surface area contributed by atoms with Crippen molar-refractivity contribution in [2.75, 3.05) is 6.67 Å². The van der Waals surface area contributed by atoms with Crippen LogP contribution in [0.5, 0.6) is 0 Å². The van der Waals surface area contributed by atoms with E-state index in [2.05, 4.69) is 0 Å². The largest absolute Gasteiger partial charge is 0.322 e. The summed E-state index contributed by atoms with van der Waals surface area (Å²) in [4.78, 5) is 2.03. The van der Waals surface area contributed by atoms with Crippen LogP contribution in [0.1, 0.15) is 11.6 Å². The third kappa shape index (κ3) is 4.39. The van der Waals surface area contributed by atoms with Crippen LogP contribution in [0.4, 0.5) is 4.39 Å². The van der Waals surface area contributed by atoms with Crippen molar-refractivity contribution in [3.8, 4) is 0 Å². The summed E-state index contributed by atoms with van der Waals surface area (Å²) in [7, 11) is 0. The van der Waals surface area contributed by atoms with Crippen molar-refractivity contribution in [2.24, 2.45) is 5.73 Å². The number of rotatable bonds is 4. The van der Waals surface area contributed by atoms with Gasteiger partial charge in [-0.2, -0.15) is 0 Å². The van der Waals surface area contributed by atoms with Crippen molar-refractivity contribution in [3.05, 3.63) is 59.1 Å². The number of hydrogen-bond donors (Lipinski definition) is 1. The van der Waals surface area contributed by atoms with Crippen LogP contribution in [0.15, 0.2) is 58.3 Å². The number of nitrogens with two attached hydrogens (primary N) is 1. The van der Waals surface area contributed by atoms with Crippen LogP contribution >= 0.6 is 35.8 Å². The van der Waals surface area contributed by atoms with Gasteiger partial charge in [-0.15, -0.1) is 12.4 Å². The van der Waals surface area contributed by atoms with E-state index in [1.54, 1.807) is 11.8 Å². The van der Waals surface area contributed by atoms with Gasteiger partial charge in [0.1, 0.15) is 6.67 Å². The van der Waals surface area contributed by atoms with Crippen molar-refractivity contribution in [2.45, 2.75) is 15.8 Å². The minimum Gasteiger partial charge on any atom is -0.322 e. The molecule has 0 amide bonds. The molecule has 1 atom stereocenters. The summed E-state index contributed by atoms with van der Waals surface area (Å²) in [5, 5.41) is 0.702. The van der Waals surface area contributed by atoms with Crippen LogP contribution in [-0.2, 0) is 0 Å². The standard InChI is InChI=1S/C14H13ClFNS.ClH/c15-10-5-7-11(8-6-10)18-14-4-2-1-3-12(14)13(17)9-16;/h1-8,13H,9,17H2;1H/t13-;/m0./s1. The molecule has 1 nitrogen and oxygen atoms in total. The van der Waals surface area contributed by atoms with E-state index in [9.17, 15) is 4.39 Å². The second-order valence-corrected chi connectivity index (χ2v) is 5.41. The average molecular weight is 318 g/mol. The van der Waals surface area contributed by atoms with Gasteiger partial charge in [-0.3, -0.25) is 0 Å². The molecule has 0 fully saturated rings. The molecule has 102 valence electrons. The molecule has 0 aliphatic heterocycles. The van der Waals surface area contributed by atoms with Crippen molar-refractivity contribution < 1.29 is 4.39 Å². The first-order valence-electron chi connectivity index (χ1n) is 5.54. The minimum atomic E-state index is -0.569. The van der Waals surface area contributed by atoms with E-state index in [4.69, 9.17) is 17.3 Å². The second-order valence-electron chi connectivity index (χ2n) is 3.85. The highest BCUT2D eigenvalue weighted by molar-refractivity contribution is 7.99. The summed E-state index contributed by atoms with van der Waals surface area (Å²) in [6, 6.07) is 14.6. The van der Waals surface area contributed by atoms with Gasteiger partial charge in [0, 0.05) is 14.8 Å². The molecule has 0 radical (unpaired) electrons. The van der Waals surface area contributed by atoms with Crippen LogP contribution in [0.3, 0.4) is 0 Å². The fourth-order valence-electron chi connectivity index (χ4n) is 1.59. The molecule has 2 aromatic carbocycles. The Morgan fingerprint density at radius 3 is 2.37 bits per heavy atom. The molecule has 0 unspecified atom stereocenters. The average Bonchev–Trinajstić information content (AvgIpc) is 2.41. The molecular weight excluding hydrogens is 304 g/mol. The van der Waals surface area contributed by atoms with E-state index >= 15 is 0 Å². The monoisotopic (exact) mass is 317 g/mol. The lowest BCUT2D eigenvalue weighted by Crippen LogP contribution is -2.12. The van der Waals surface area contributed by atoms with Gasteiger partial charge in [-0.05, 0) is 35.9 Å². The van der Waals surface area contributed by atoms with Crippen molar-refractivity contribution >= 4 is 35.8 Å². The Labute approximate surface area is 127 Å². The van der Waals surface area contributed by atoms with Gasteiger partial charge in [0.25, 0.3) is 0 Å². The van der Waals surface area contributed by atoms with Gasteiger partial charge in [0.15, 0.2) is 0 Å². The van der Waals surface area contributed by atoms with Gasteiger partial charge in [-0.1, -0.05) is 41.6 Å². The Balaban J connectivity index is 0.00000180. The predicted molar refractivity (Wildman–Crippen MR) is 82.2 cm³/mol. The predicted octanol–water partition coefficient (Wildman–Crippen LogP) is 4.88. The fraction of sp³-hybridized carbons (Fsp3) is 0.143. The van der Waals surface area contributed by atoms with Crippen LogP contribution in [0.25, 0.3) is 0 Å². The zero-order valence-electron chi connectivity index (χ0n) is 10.1. The Kier molecular flexibility index (Phi) is 6.66. The van der Waals surface area contributed by atoms with E-state index in [1.165, 1.54) is 0 Å². The summed E-state index contributed by atoms with van der Waals surface area (Å²) < 4.78 is 12.7. The van der Waals surface area contributed by atoms with Crippen LogP contribution in [0.2, 0.25) is 5.02 Å². The molecule has 0 aliphatic rings. The Morgan fingerprint density at radius 2 is 1.74 bits per heavy atom. The summed E-state index contributed by atoms with van der Waals surface area (Å²) >= 11 is 7.40. The third-order valence-electron chi connectivity index (χ3n) is 2.53. The second kappa shape index (κ2) is 7.75. The molecule has 5 heteroatoms. The summed E-state index contributed by atoms with van der Waals surface area (Å²) in [5.74, 6) is 0. The van der Waals surface area contributed by atoms with E-state index < -0.39 is 12.7 Å². The summed E-state index contributed by atoms with van der Waals surface area (Å²) in [5.41, 5.74) is 6.60. The quantitative estimate of drug-likeness (QED) is 0.869. The maximum Gasteiger partial charge on any atom is 0.109 e. The van der Waals surface area contributed by atoms with Crippen molar-refractivity contribution in [1.29, 1.82) is 0 Å². The van der Waals surface area contributed by atoms with Gasteiger partial charge < -0.3 is 5.73 Å².